The minimum absolute atomic E-state index is 0.0237. The van der Waals surface area contributed by atoms with Gasteiger partial charge in [-0.05, 0) is 80.8 Å². The minimum atomic E-state index is -4.15. The van der Waals surface area contributed by atoms with E-state index in [4.69, 9.17) is 4.74 Å². The molecule has 10 heteroatoms. The van der Waals surface area contributed by atoms with Crippen LogP contribution >= 0.6 is 15.9 Å². The Morgan fingerprint density at radius 2 is 1.63 bits per heavy atom. The number of halogens is 1. The second-order valence-corrected chi connectivity index (χ2v) is 13.0. The van der Waals surface area contributed by atoms with Crippen LogP contribution in [-0.4, -0.2) is 50.9 Å². The Bertz CT molecular complexity index is 1430. The van der Waals surface area contributed by atoms with Crippen molar-refractivity contribution in [2.75, 3.05) is 24.0 Å². The van der Waals surface area contributed by atoms with Crippen LogP contribution in [0.5, 0.6) is 5.75 Å². The number of anilines is 1. The maximum absolute atomic E-state index is 14.0. The number of rotatable bonds is 13. The molecule has 220 valence electrons. The maximum atomic E-state index is 14.0. The molecule has 0 aliphatic heterocycles. The van der Waals surface area contributed by atoms with E-state index in [1.54, 1.807) is 43.3 Å². The maximum Gasteiger partial charge on any atom is 0.264 e. The van der Waals surface area contributed by atoms with Crippen LogP contribution in [0.4, 0.5) is 5.69 Å². The number of ether oxygens (including phenoxy) is 1. The van der Waals surface area contributed by atoms with E-state index in [0.29, 0.717) is 24.6 Å². The summed E-state index contributed by atoms with van der Waals surface area (Å²) in [5.74, 6) is -0.0342. The van der Waals surface area contributed by atoms with E-state index in [1.165, 1.54) is 17.0 Å². The lowest BCUT2D eigenvalue weighted by Gasteiger charge is -2.32. The molecule has 2 amide bonds. The average Bonchev–Trinajstić information content (AvgIpc) is 2.94. The SMILES string of the molecule is CCOc1ccc(S(=O)(=O)N(CC(=O)N(Cc2cccc(Br)c2)C(C)C(=O)NCC(C)C)c2ccc(C)cc2)cc1. The molecule has 0 heterocycles. The van der Waals surface area contributed by atoms with Gasteiger partial charge < -0.3 is 15.0 Å². The van der Waals surface area contributed by atoms with Crippen LogP contribution < -0.4 is 14.4 Å². The molecule has 3 aromatic carbocycles. The molecule has 1 unspecified atom stereocenters. The third-order valence-corrected chi connectivity index (χ3v) is 8.70. The number of amides is 2. The summed E-state index contributed by atoms with van der Waals surface area (Å²) in [6.45, 7) is 9.92. The van der Waals surface area contributed by atoms with E-state index < -0.39 is 28.5 Å². The highest BCUT2D eigenvalue weighted by atomic mass is 79.9. The molecule has 0 aromatic heterocycles. The Morgan fingerprint density at radius 1 is 0.976 bits per heavy atom. The van der Waals surface area contributed by atoms with Crippen molar-refractivity contribution >= 4 is 43.5 Å². The van der Waals surface area contributed by atoms with Gasteiger partial charge >= 0.3 is 0 Å². The van der Waals surface area contributed by atoms with Crippen molar-refractivity contribution in [2.45, 2.75) is 52.1 Å². The molecule has 3 rings (SSSR count). The zero-order valence-corrected chi connectivity index (χ0v) is 26.5. The molecule has 41 heavy (non-hydrogen) atoms. The highest BCUT2D eigenvalue weighted by molar-refractivity contribution is 9.10. The molecule has 0 radical (unpaired) electrons. The summed E-state index contributed by atoms with van der Waals surface area (Å²) in [6, 6.07) is 19.7. The number of aryl methyl sites for hydroxylation is 1. The molecule has 0 aliphatic rings. The first-order chi connectivity index (χ1) is 19.4. The standard InChI is InChI=1S/C31H38BrN3O5S/c1-6-40-28-14-16-29(17-15-28)41(38,39)35(27-12-10-23(4)11-13-27)21-30(36)34(20-25-8-7-9-26(32)18-25)24(5)31(37)33-19-22(2)3/h7-18,22,24H,6,19-21H2,1-5H3,(H,33,37). The number of sulfonamides is 1. The van der Waals surface area contributed by atoms with Crippen molar-refractivity contribution in [2.24, 2.45) is 5.92 Å². The van der Waals surface area contributed by atoms with Crippen LogP contribution in [-0.2, 0) is 26.2 Å². The van der Waals surface area contributed by atoms with E-state index in [2.05, 4.69) is 21.2 Å². The molecule has 0 spiro atoms. The summed E-state index contributed by atoms with van der Waals surface area (Å²) in [5, 5.41) is 2.89. The zero-order valence-electron chi connectivity index (χ0n) is 24.1. The first kappa shape index (κ1) is 32.1. The summed E-state index contributed by atoms with van der Waals surface area (Å²) in [6.07, 6.45) is 0. The first-order valence-electron chi connectivity index (χ1n) is 13.6. The lowest BCUT2D eigenvalue weighted by atomic mass is 10.1. The average molecular weight is 645 g/mol. The van der Waals surface area contributed by atoms with Gasteiger partial charge in [0.2, 0.25) is 11.8 Å². The Morgan fingerprint density at radius 3 is 2.22 bits per heavy atom. The van der Waals surface area contributed by atoms with Gasteiger partial charge in [0.15, 0.2) is 0 Å². The van der Waals surface area contributed by atoms with Crippen LogP contribution in [0.3, 0.4) is 0 Å². The number of hydrogen-bond donors (Lipinski definition) is 1. The van der Waals surface area contributed by atoms with Crippen molar-refractivity contribution in [3.63, 3.8) is 0 Å². The lowest BCUT2D eigenvalue weighted by Crippen LogP contribution is -2.51. The molecule has 0 aliphatic carbocycles. The van der Waals surface area contributed by atoms with Gasteiger partial charge in [0, 0.05) is 17.6 Å². The molecule has 3 aromatic rings. The first-order valence-corrected chi connectivity index (χ1v) is 15.8. The summed E-state index contributed by atoms with van der Waals surface area (Å²) < 4.78 is 35.3. The number of nitrogens with one attached hydrogen (secondary N) is 1. The molecular weight excluding hydrogens is 606 g/mol. The van der Waals surface area contributed by atoms with E-state index in [1.807, 2.05) is 52.0 Å². The second-order valence-electron chi connectivity index (χ2n) is 10.2. The second kappa shape index (κ2) is 14.5. The number of hydrogen-bond acceptors (Lipinski definition) is 5. The van der Waals surface area contributed by atoms with Gasteiger partial charge in [-0.2, -0.15) is 0 Å². The van der Waals surface area contributed by atoms with Crippen molar-refractivity contribution in [1.82, 2.24) is 10.2 Å². The Labute approximate surface area is 251 Å². The van der Waals surface area contributed by atoms with Crippen molar-refractivity contribution in [3.05, 3.63) is 88.4 Å². The number of carbonyl (C=O) groups is 2. The Kier molecular flexibility index (Phi) is 11.4. The molecule has 1 atom stereocenters. The van der Waals surface area contributed by atoms with Crippen LogP contribution in [0, 0.1) is 12.8 Å². The quantitative estimate of drug-likeness (QED) is 0.264. The molecule has 8 nitrogen and oxygen atoms in total. The summed E-state index contributed by atoms with van der Waals surface area (Å²) in [5.41, 5.74) is 2.09. The van der Waals surface area contributed by atoms with Crippen LogP contribution in [0.15, 0.2) is 82.2 Å². The predicted molar refractivity (Wildman–Crippen MR) is 165 cm³/mol. The predicted octanol–water partition coefficient (Wildman–Crippen LogP) is 5.54. The van der Waals surface area contributed by atoms with E-state index in [0.717, 1.165) is 19.9 Å². The van der Waals surface area contributed by atoms with Crippen LogP contribution in [0.25, 0.3) is 0 Å². The van der Waals surface area contributed by atoms with Gasteiger partial charge in [0.1, 0.15) is 18.3 Å². The van der Waals surface area contributed by atoms with Crippen molar-refractivity contribution < 1.29 is 22.7 Å². The smallest absolute Gasteiger partial charge is 0.264 e. The van der Waals surface area contributed by atoms with E-state index in [9.17, 15) is 18.0 Å². The monoisotopic (exact) mass is 643 g/mol. The zero-order chi connectivity index (χ0) is 30.2. The Balaban J connectivity index is 2.00. The topological polar surface area (TPSA) is 96.0 Å². The molecule has 1 N–H and O–H groups in total. The fourth-order valence-electron chi connectivity index (χ4n) is 4.11. The highest BCUT2D eigenvalue weighted by Gasteiger charge is 2.32. The van der Waals surface area contributed by atoms with Gasteiger partial charge in [-0.15, -0.1) is 0 Å². The molecule has 0 fully saturated rings. The normalized spacial score (nSPS) is 12.1. The van der Waals surface area contributed by atoms with Gasteiger partial charge in [-0.1, -0.05) is 59.6 Å². The van der Waals surface area contributed by atoms with Crippen LogP contribution in [0.2, 0.25) is 0 Å². The van der Waals surface area contributed by atoms with Crippen molar-refractivity contribution in [1.29, 1.82) is 0 Å². The summed E-state index contributed by atoms with van der Waals surface area (Å²) >= 11 is 3.46. The molecule has 0 saturated carbocycles. The van der Waals surface area contributed by atoms with E-state index in [-0.39, 0.29) is 23.3 Å². The van der Waals surface area contributed by atoms with Gasteiger partial charge in [-0.3, -0.25) is 13.9 Å². The van der Waals surface area contributed by atoms with E-state index >= 15 is 0 Å². The highest BCUT2D eigenvalue weighted by Crippen LogP contribution is 2.26. The molecular formula is C31H38BrN3O5S. The van der Waals surface area contributed by atoms with Gasteiger partial charge in [-0.25, -0.2) is 8.42 Å². The van der Waals surface area contributed by atoms with Crippen LogP contribution in [0.1, 0.15) is 38.8 Å². The van der Waals surface area contributed by atoms with Gasteiger partial charge in [0.05, 0.1) is 17.2 Å². The fraction of sp³-hybridized carbons (Fsp3) is 0.355. The number of benzene rings is 3. The largest absolute Gasteiger partial charge is 0.494 e. The molecule has 0 bridgehead atoms. The third-order valence-electron chi connectivity index (χ3n) is 6.42. The van der Waals surface area contributed by atoms with Crippen molar-refractivity contribution in [3.8, 4) is 5.75 Å². The number of carbonyl (C=O) groups excluding carboxylic acids is 2. The fourth-order valence-corrected chi connectivity index (χ4v) is 5.97. The summed E-state index contributed by atoms with van der Waals surface area (Å²) in [7, 11) is -4.15. The number of nitrogens with zero attached hydrogens (tertiary/aromatic N) is 2. The lowest BCUT2D eigenvalue weighted by molar-refractivity contribution is -0.139. The summed E-state index contributed by atoms with van der Waals surface area (Å²) in [4.78, 5) is 28.5. The third kappa shape index (κ3) is 8.81. The molecule has 0 saturated heterocycles. The minimum Gasteiger partial charge on any atom is -0.494 e. The van der Waals surface area contributed by atoms with Gasteiger partial charge in [0.25, 0.3) is 10.0 Å². The Hall–Kier alpha value is -3.37.